The maximum Gasteiger partial charge on any atom is 0.204 e. The van der Waals surface area contributed by atoms with Crippen molar-refractivity contribution in [3.8, 4) is 11.5 Å². The van der Waals surface area contributed by atoms with Crippen molar-refractivity contribution in [2.24, 2.45) is 29.6 Å². The molecule has 3 aliphatic rings. The van der Waals surface area contributed by atoms with Gasteiger partial charge >= 0.3 is 0 Å². The molecule has 0 aliphatic heterocycles. The van der Waals surface area contributed by atoms with E-state index in [1.807, 2.05) is 0 Å². The molecule has 1 aromatic rings. The van der Waals surface area contributed by atoms with Gasteiger partial charge in [0.25, 0.3) is 0 Å². The summed E-state index contributed by atoms with van der Waals surface area (Å²) in [4.78, 5) is 0. The Labute approximate surface area is 204 Å². The van der Waals surface area contributed by atoms with Gasteiger partial charge in [-0.2, -0.15) is 8.78 Å². The van der Waals surface area contributed by atoms with Gasteiger partial charge in [0.05, 0.1) is 19.3 Å². The van der Waals surface area contributed by atoms with Gasteiger partial charge in [0, 0.05) is 6.61 Å². The predicted octanol–water partition coefficient (Wildman–Crippen LogP) is 7.95. The SMILES string of the molecule is CCCCOC1CCC2CC(C3CCC(COc4ccc(OCC)c(F)c4F)CC3)CCC2C1. The standard InChI is InChI=1S/C29H44F2O3/c1-3-5-16-33-25-13-12-23-17-22(10-11-24(23)18-25)21-8-6-20(7-9-21)19-34-27-15-14-26(32-4-2)28(30)29(27)31/h14-15,20-25H,3-13,16-19H2,1-2H3. The lowest BCUT2D eigenvalue weighted by Gasteiger charge is -2.45. The summed E-state index contributed by atoms with van der Waals surface area (Å²) < 4.78 is 45.4. The van der Waals surface area contributed by atoms with Crippen LogP contribution in [0.2, 0.25) is 0 Å². The van der Waals surface area contributed by atoms with Crippen molar-refractivity contribution >= 4 is 0 Å². The summed E-state index contributed by atoms with van der Waals surface area (Å²) in [6.07, 6.45) is 15.7. The number of benzene rings is 1. The zero-order chi connectivity index (χ0) is 23.9. The van der Waals surface area contributed by atoms with Crippen LogP contribution in [-0.4, -0.2) is 25.9 Å². The molecule has 0 amide bonds. The number of unbranched alkanes of at least 4 members (excludes halogenated alkanes) is 1. The van der Waals surface area contributed by atoms with Gasteiger partial charge in [-0.15, -0.1) is 0 Å². The molecule has 0 heterocycles. The molecular formula is C29H44F2O3. The monoisotopic (exact) mass is 478 g/mol. The van der Waals surface area contributed by atoms with Crippen molar-refractivity contribution in [2.75, 3.05) is 19.8 Å². The first-order chi connectivity index (χ1) is 16.6. The number of hydrogen-bond donors (Lipinski definition) is 0. The lowest BCUT2D eigenvalue weighted by Crippen LogP contribution is -2.37. The van der Waals surface area contributed by atoms with Gasteiger partial charge in [-0.3, -0.25) is 0 Å². The second-order valence-electron chi connectivity index (χ2n) is 11.0. The quantitative estimate of drug-likeness (QED) is 0.319. The minimum Gasteiger partial charge on any atom is -0.491 e. The van der Waals surface area contributed by atoms with E-state index in [0.717, 1.165) is 43.1 Å². The van der Waals surface area contributed by atoms with Gasteiger partial charge in [0.15, 0.2) is 11.5 Å². The lowest BCUT2D eigenvalue weighted by atomic mass is 9.62. The Balaban J connectivity index is 1.18. The Kier molecular flexibility index (Phi) is 9.50. The van der Waals surface area contributed by atoms with Gasteiger partial charge in [-0.25, -0.2) is 0 Å². The van der Waals surface area contributed by atoms with Crippen LogP contribution in [0, 0.1) is 41.2 Å². The Hall–Kier alpha value is -1.36. The maximum absolute atomic E-state index is 14.3. The average Bonchev–Trinajstić information content (AvgIpc) is 2.86. The number of hydrogen-bond acceptors (Lipinski definition) is 3. The van der Waals surface area contributed by atoms with E-state index in [1.165, 1.54) is 76.3 Å². The van der Waals surface area contributed by atoms with Crippen molar-refractivity contribution in [2.45, 2.75) is 97.0 Å². The number of rotatable bonds is 10. The van der Waals surface area contributed by atoms with Crippen LogP contribution in [0.3, 0.4) is 0 Å². The molecule has 3 fully saturated rings. The average molecular weight is 479 g/mol. The fourth-order valence-corrected chi connectivity index (χ4v) is 6.78. The number of halogens is 2. The summed E-state index contributed by atoms with van der Waals surface area (Å²) in [5, 5.41) is 0. The molecule has 0 bridgehead atoms. The molecule has 192 valence electrons. The second kappa shape index (κ2) is 12.6. The molecular weight excluding hydrogens is 434 g/mol. The van der Waals surface area contributed by atoms with Crippen LogP contribution in [-0.2, 0) is 4.74 Å². The van der Waals surface area contributed by atoms with Crippen LogP contribution in [0.1, 0.15) is 90.9 Å². The zero-order valence-electron chi connectivity index (χ0n) is 21.2. The first kappa shape index (κ1) is 25.7. The van der Waals surface area contributed by atoms with Gasteiger partial charge in [-0.05, 0) is 119 Å². The third-order valence-electron chi connectivity index (χ3n) is 8.80. The molecule has 4 atom stereocenters. The Morgan fingerprint density at radius 2 is 1.32 bits per heavy atom. The number of ether oxygens (including phenoxy) is 3. The Bertz CT molecular complexity index is 762. The summed E-state index contributed by atoms with van der Waals surface area (Å²) in [5.41, 5.74) is 0. The predicted molar refractivity (Wildman–Crippen MR) is 131 cm³/mol. The molecule has 3 aliphatic carbocycles. The molecule has 1 aromatic carbocycles. The van der Waals surface area contributed by atoms with Crippen LogP contribution in [0.4, 0.5) is 8.78 Å². The summed E-state index contributed by atoms with van der Waals surface area (Å²) in [7, 11) is 0. The molecule has 0 aromatic heterocycles. The van der Waals surface area contributed by atoms with Gasteiger partial charge < -0.3 is 14.2 Å². The van der Waals surface area contributed by atoms with E-state index in [0.29, 0.717) is 25.2 Å². The van der Waals surface area contributed by atoms with E-state index in [4.69, 9.17) is 14.2 Å². The largest absolute Gasteiger partial charge is 0.491 e. The Morgan fingerprint density at radius 3 is 2.00 bits per heavy atom. The zero-order valence-corrected chi connectivity index (χ0v) is 21.2. The molecule has 0 N–H and O–H groups in total. The van der Waals surface area contributed by atoms with Gasteiger partial charge in [0.1, 0.15) is 0 Å². The molecule has 0 saturated heterocycles. The van der Waals surface area contributed by atoms with Crippen molar-refractivity contribution in [3.05, 3.63) is 23.8 Å². The van der Waals surface area contributed by atoms with E-state index >= 15 is 0 Å². The molecule has 0 spiro atoms. The Morgan fingerprint density at radius 1 is 0.735 bits per heavy atom. The summed E-state index contributed by atoms with van der Waals surface area (Å²) in [6, 6.07) is 2.94. The third kappa shape index (κ3) is 6.44. The fraction of sp³-hybridized carbons (Fsp3) is 0.793. The van der Waals surface area contributed by atoms with Crippen molar-refractivity contribution in [1.29, 1.82) is 0 Å². The van der Waals surface area contributed by atoms with Crippen LogP contribution < -0.4 is 9.47 Å². The van der Waals surface area contributed by atoms with Crippen LogP contribution in [0.5, 0.6) is 11.5 Å². The highest BCUT2D eigenvalue weighted by molar-refractivity contribution is 5.35. The van der Waals surface area contributed by atoms with Crippen molar-refractivity contribution in [1.82, 2.24) is 0 Å². The van der Waals surface area contributed by atoms with Gasteiger partial charge in [0.2, 0.25) is 11.6 Å². The first-order valence-corrected chi connectivity index (χ1v) is 13.9. The molecule has 3 nitrogen and oxygen atoms in total. The van der Waals surface area contributed by atoms with Crippen LogP contribution in [0.15, 0.2) is 12.1 Å². The van der Waals surface area contributed by atoms with Crippen LogP contribution >= 0.6 is 0 Å². The second-order valence-corrected chi connectivity index (χ2v) is 11.0. The summed E-state index contributed by atoms with van der Waals surface area (Å²) in [6.45, 7) is 5.68. The summed E-state index contributed by atoms with van der Waals surface area (Å²) >= 11 is 0. The highest BCUT2D eigenvalue weighted by atomic mass is 19.2. The lowest BCUT2D eigenvalue weighted by molar-refractivity contribution is -0.0266. The topological polar surface area (TPSA) is 27.7 Å². The number of fused-ring (bicyclic) bond motifs is 1. The van der Waals surface area contributed by atoms with E-state index in [2.05, 4.69) is 6.92 Å². The maximum atomic E-state index is 14.3. The minimum absolute atomic E-state index is 0.00400. The summed E-state index contributed by atoms with van der Waals surface area (Å²) in [5.74, 6) is 1.96. The molecule has 3 saturated carbocycles. The molecule has 34 heavy (non-hydrogen) atoms. The highest BCUT2D eigenvalue weighted by Gasteiger charge is 2.39. The fourth-order valence-electron chi connectivity index (χ4n) is 6.78. The van der Waals surface area contributed by atoms with E-state index in [1.54, 1.807) is 6.92 Å². The van der Waals surface area contributed by atoms with Gasteiger partial charge in [-0.1, -0.05) is 13.3 Å². The molecule has 4 unspecified atom stereocenters. The molecule has 4 rings (SSSR count). The minimum atomic E-state index is -0.958. The van der Waals surface area contributed by atoms with E-state index < -0.39 is 11.6 Å². The third-order valence-corrected chi connectivity index (χ3v) is 8.80. The van der Waals surface area contributed by atoms with Crippen molar-refractivity contribution < 1.29 is 23.0 Å². The molecule has 0 radical (unpaired) electrons. The van der Waals surface area contributed by atoms with E-state index in [9.17, 15) is 8.78 Å². The smallest absolute Gasteiger partial charge is 0.204 e. The molecule has 5 heteroatoms. The van der Waals surface area contributed by atoms with Crippen LogP contribution in [0.25, 0.3) is 0 Å². The van der Waals surface area contributed by atoms with E-state index in [-0.39, 0.29) is 11.5 Å². The van der Waals surface area contributed by atoms with Crippen molar-refractivity contribution in [3.63, 3.8) is 0 Å². The normalized spacial score (nSPS) is 31.6. The first-order valence-electron chi connectivity index (χ1n) is 13.9. The highest BCUT2D eigenvalue weighted by Crippen LogP contribution is 2.48.